The van der Waals surface area contributed by atoms with Gasteiger partial charge in [-0.15, -0.1) is 5.10 Å². The van der Waals surface area contributed by atoms with Crippen molar-refractivity contribution in [2.75, 3.05) is 20.1 Å². The molecule has 0 radical (unpaired) electrons. The van der Waals surface area contributed by atoms with Crippen molar-refractivity contribution < 1.29 is 0 Å². The lowest BCUT2D eigenvalue weighted by atomic mass is 10.1. The fraction of sp³-hybridized carbons (Fsp3) is 0.889. The van der Waals surface area contributed by atoms with Crippen molar-refractivity contribution in [2.24, 2.45) is 0 Å². The molecule has 1 aromatic heterocycles. The van der Waals surface area contributed by atoms with Gasteiger partial charge in [-0.05, 0) is 30.3 Å². The van der Waals surface area contributed by atoms with Crippen LogP contribution in [0.1, 0.15) is 24.7 Å². The van der Waals surface area contributed by atoms with Crippen LogP contribution in [0.2, 0.25) is 0 Å². The third-order valence-electron chi connectivity index (χ3n) is 3.23. The molecule has 3 rings (SSSR count). The van der Waals surface area contributed by atoms with Gasteiger partial charge in [0.15, 0.2) is 5.82 Å². The summed E-state index contributed by atoms with van der Waals surface area (Å²) in [5, 5.41) is 15.2. The Morgan fingerprint density at radius 1 is 1.47 bits per heavy atom. The number of hydrogen-bond acceptors (Lipinski definition) is 5. The van der Waals surface area contributed by atoms with Crippen molar-refractivity contribution in [3.63, 3.8) is 0 Å². The number of rotatable bonds is 4. The lowest BCUT2D eigenvalue weighted by Gasteiger charge is -2.35. The number of nitrogens with one attached hydrogen (secondary N) is 1. The number of aromatic nitrogens is 4. The standard InChI is InChI=1S/C9H16N6/c1-14(8-4-10-5-8)6-9-11-12-13-15(9)7-2-3-7/h7-8,10H,2-6H2,1H3. The number of nitrogens with zero attached hydrogens (tertiary/aromatic N) is 5. The zero-order valence-electron chi connectivity index (χ0n) is 8.93. The van der Waals surface area contributed by atoms with Crippen LogP contribution in [0.4, 0.5) is 0 Å². The van der Waals surface area contributed by atoms with Crippen LogP contribution >= 0.6 is 0 Å². The van der Waals surface area contributed by atoms with E-state index in [4.69, 9.17) is 0 Å². The van der Waals surface area contributed by atoms with E-state index in [1.54, 1.807) is 0 Å². The van der Waals surface area contributed by atoms with E-state index in [0.717, 1.165) is 25.5 Å². The third-order valence-corrected chi connectivity index (χ3v) is 3.23. The first-order valence-corrected chi connectivity index (χ1v) is 5.52. The Balaban J connectivity index is 1.67. The molecule has 2 aliphatic rings. The average Bonchev–Trinajstić information content (AvgIpc) is 2.85. The molecule has 1 aliphatic carbocycles. The number of hydrogen-bond donors (Lipinski definition) is 1. The van der Waals surface area contributed by atoms with Crippen molar-refractivity contribution in [3.05, 3.63) is 5.82 Å². The van der Waals surface area contributed by atoms with E-state index in [1.165, 1.54) is 12.8 Å². The largest absolute Gasteiger partial charge is 0.314 e. The highest BCUT2D eigenvalue weighted by Crippen LogP contribution is 2.34. The van der Waals surface area contributed by atoms with E-state index < -0.39 is 0 Å². The molecule has 1 aromatic rings. The lowest BCUT2D eigenvalue weighted by molar-refractivity contribution is 0.167. The van der Waals surface area contributed by atoms with Gasteiger partial charge < -0.3 is 5.32 Å². The molecule has 0 unspecified atom stereocenters. The summed E-state index contributed by atoms with van der Waals surface area (Å²) in [6.45, 7) is 3.03. The highest BCUT2D eigenvalue weighted by molar-refractivity contribution is 4.92. The maximum absolute atomic E-state index is 4.10. The molecule has 2 fully saturated rings. The van der Waals surface area contributed by atoms with Gasteiger partial charge in [-0.1, -0.05) is 0 Å². The first kappa shape index (κ1) is 9.23. The van der Waals surface area contributed by atoms with Gasteiger partial charge >= 0.3 is 0 Å². The SMILES string of the molecule is CN(Cc1nnnn1C1CC1)C1CNC1. The number of likely N-dealkylation sites (N-methyl/N-ethyl adjacent to an activating group) is 1. The number of tetrazole rings is 1. The Morgan fingerprint density at radius 2 is 2.27 bits per heavy atom. The molecule has 0 amide bonds. The van der Waals surface area contributed by atoms with E-state index >= 15 is 0 Å². The average molecular weight is 208 g/mol. The predicted octanol–water partition coefficient (Wildman–Crippen LogP) is -0.588. The summed E-state index contributed by atoms with van der Waals surface area (Å²) in [5.41, 5.74) is 0. The molecular weight excluding hydrogens is 192 g/mol. The Bertz CT molecular complexity index is 340. The van der Waals surface area contributed by atoms with Crippen molar-refractivity contribution in [2.45, 2.75) is 31.5 Å². The third kappa shape index (κ3) is 1.74. The van der Waals surface area contributed by atoms with Crippen LogP contribution in [0.25, 0.3) is 0 Å². The van der Waals surface area contributed by atoms with E-state index in [2.05, 4.69) is 32.8 Å². The van der Waals surface area contributed by atoms with Crippen LogP contribution in [0.5, 0.6) is 0 Å². The van der Waals surface area contributed by atoms with Gasteiger partial charge in [0.1, 0.15) is 0 Å². The molecule has 0 atom stereocenters. The van der Waals surface area contributed by atoms with Gasteiger partial charge in [0.2, 0.25) is 0 Å². The van der Waals surface area contributed by atoms with Gasteiger partial charge in [0.25, 0.3) is 0 Å². The molecule has 0 spiro atoms. The van der Waals surface area contributed by atoms with Crippen molar-refractivity contribution in [1.29, 1.82) is 0 Å². The van der Waals surface area contributed by atoms with Gasteiger partial charge in [0.05, 0.1) is 12.6 Å². The van der Waals surface area contributed by atoms with Gasteiger partial charge in [0, 0.05) is 19.1 Å². The molecule has 82 valence electrons. The molecule has 15 heavy (non-hydrogen) atoms. The molecule has 1 saturated carbocycles. The summed E-state index contributed by atoms with van der Waals surface area (Å²) in [6.07, 6.45) is 2.46. The first-order valence-electron chi connectivity index (χ1n) is 5.52. The topological polar surface area (TPSA) is 58.9 Å². The molecule has 6 heteroatoms. The summed E-state index contributed by atoms with van der Waals surface area (Å²) >= 11 is 0. The fourth-order valence-electron chi connectivity index (χ4n) is 1.86. The minimum atomic E-state index is 0.572. The van der Waals surface area contributed by atoms with Crippen molar-refractivity contribution in [3.8, 4) is 0 Å². The van der Waals surface area contributed by atoms with Gasteiger partial charge in [-0.2, -0.15) is 0 Å². The van der Waals surface area contributed by atoms with Crippen LogP contribution in [0, 0.1) is 0 Å². The second-order valence-corrected chi connectivity index (χ2v) is 4.50. The Kier molecular flexibility index (Phi) is 2.17. The van der Waals surface area contributed by atoms with Crippen molar-refractivity contribution in [1.82, 2.24) is 30.4 Å². The smallest absolute Gasteiger partial charge is 0.165 e. The van der Waals surface area contributed by atoms with Crippen LogP contribution in [0.15, 0.2) is 0 Å². The van der Waals surface area contributed by atoms with Crippen molar-refractivity contribution >= 4 is 0 Å². The second-order valence-electron chi connectivity index (χ2n) is 4.50. The summed E-state index contributed by atoms with van der Waals surface area (Å²) in [4.78, 5) is 2.32. The molecular formula is C9H16N6. The Labute approximate surface area is 88.6 Å². The molecule has 6 nitrogen and oxygen atoms in total. The molecule has 1 N–H and O–H groups in total. The summed E-state index contributed by atoms with van der Waals surface area (Å²) < 4.78 is 1.99. The first-order chi connectivity index (χ1) is 7.34. The molecule has 0 aromatic carbocycles. The second kappa shape index (κ2) is 3.53. The maximum atomic E-state index is 4.10. The van der Waals surface area contributed by atoms with Gasteiger partial charge in [-0.25, -0.2) is 4.68 Å². The minimum absolute atomic E-state index is 0.572. The highest BCUT2D eigenvalue weighted by atomic mass is 15.6. The quantitative estimate of drug-likeness (QED) is 0.717. The molecule has 0 bridgehead atoms. The summed E-state index contributed by atoms with van der Waals surface area (Å²) in [7, 11) is 2.14. The van der Waals surface area contributed by atoms with E-state index in [1.807, 2.05) is 4.68 Å². The van der Waals surface area contributed by atoms with Gasteiger partial charge in [-0.3, -0.25) is 4.90 Å². The fourth-order valence-corrected chi connectivity index (χ4v) is 1.86. The maximum Gasteiger partial charge on any atom is 0.165 e. The zero-order chi connectivity index (χ0) is 10.3. The van der Waals surface area contributed by atoms with Crippen LogP contribution in [0.3, 0.4) is 0 Å². The monoisotopic (exact) mass is 208 g/mol. The Hall–Kier alpha value is -1.01. The highest BCUT2D eigenvalue weighted by Gasteiger charge is 2.29. The van der Waals surface area contributed by atoms with E-state index in [-0.39, 0.29) is 0 Å². The summed E-state index contributed by atoms with van der Waals surface area (Å²) in [6, 6.07) is 1.22. The minimum Gasteiger partial charge on any atom is -0.314 e. The van der Waals surface area contributed by atoms with Crippen LogP contribution in [-0.2, 0) is 6.54 Å². The Morgan fingerprint density at radius 3 is 2.87 bits per heavy atom. The molecule has 1 aliphatic heterocycles. The zero-order valence-corrected chi connectivity index (χ0v) is 8.93. The van der Waals surface area contributed by atoms with E-state index in [0.29, 0.717) is 12.1 Å². The lowest BCUT2D eigenvalue weighted by Crippen LogP contribution is -2.55. The predicted molar refractivity (Wildman–Crippen MR) is 54.2 cm³/mol. The molecule has 1 saturated heterocycles. The summed E-state index contributed by atoms with van der Waals surface area (Å²) in [5.74, 6) is 1.01. The van der Waals surface area contributed by atoms with E-state index in [9.17, 15) is 0 Å². The van der Waals surface area contributed by atoms with Crippen LogP contribution in [-0.4, -0.2) is 51.3 Å². The van der Waals surface area contributed by atoms with Crippen LogP contribution < -0.4 is 5.32 Å². The normalized spacial score (nSPS) is 22.0. The molecule has 2 heterocycles.